The van der Waals surface area contributed by atoms with E-state index in [4.69, 9.17) is 0 Å². The summed E-state index contributed by atoms with van der Waals surface area (Å²) in [6, 6.07) is 16.0. The molecule has 5 heteroatoms. The molecule has 0 aliphatic carbocycles. The van der Waals surface area contributed by atoms with E-state index in [1.165, 1.54) is 0 Å². The average Bonchev–Trinajstić information content (AvgIpc) is 2.46. The molecule has 2 aromatic carbocycles. The van der Waals surface area contributed by atoms with E-state index in [1.54, 1.807) is 36.4 Å². The van der Waals surface area contributed by atoms with Gasteiger partial charge in [-0.1, -0.05) is 40.2 Å². The number of hydrogen-bond acceptors (Lipinski definition) is 2. The molecule has 0 heterocycles. The molecule has 2 aromatic rings. The first kappa shape index (κ1) is 14.3. The van der Waals surface area contributed by atoms with E-state index in [0.717, 1.165) is 4.47 Å². The van der Waals surface area contributed by atoms with E-state index in [2.05, 4.69) is 26.6 Å². The van der Waals surface area contributed by atoms with Gasteiger partial charge in [0.1, 0.15) is 0 Å². The summed E-state index contributed by atoms with van der Waals surface area (Å²) in [4.78, 5) is 23.5. The van der Waals surface area contributed by atoms with E-state index in [-0.39, 0.29) is 18.4 Å². The first-order chi connectivity index (χ1) is 9.65. The van der Waals surface area contributed by atoms with E-state index in [1.807, 2.05) is 18.2 Å². The van der Waals surface area contributed by atoms with Crippen molar-refractivity contribution < 1.29 is 9.59 Å². The second-order valence-corrected chi connectivity index (χ2v) is 5.02. The van der Waals surface area contributed by atoms with Crippen LogP contribution in [-0.4, -0.2) is 18.4 Å². The second-order valence-electron chi connectivity index (χ2n) is 4.11. The lowest BCUT2D eigenvalue weighted by molar-refractivity contribution is -0.115. The van der Waals surface area contributed by atoms with E-state index >= 15 is 0 Å². The molecule has 102 valence electrons. The molecule has 0 atom stereocenters. The second kappa shape index (κ2) is 6.86. The van der Waals surface area contributed by atoms with Crippen molar-refractivity contribution >= 4 is 33.4 Å². The number of hydrogen-bond donors (Lipinski definition) is 2. The fourth-order valence-corrected chi connectivity index (χ4v) is 2.02. The summed E-state index contributed by atoms with van der Waals surface area (Å²) in [6.45, 7) is -0.0692. The SMILES string of the molecule is O=C(CNC(=O)c1ccccc1)Nc1cccc(Br)c1. The smallest absolute Gasteiger partial charge is 0.251 e. The third-order valence-electron chi connectivity index (χ3n) is 2.55. The van der Waals surface area contributed by atoms with Crippen LogP contribution in [0, 0.1) is 0 Å². The normalized spacial score (nSPS) is 9.85. The van der Waals surface area contributed by atoms with E-state index < -0.39 is 0 Å². The van der Waals surface area contributed by atoms with Crippen LogP contribution < -0.4 is 10.6 Å². The van der Waals surface area contributed by atoms with Crippen molar-refractivity contribution in [3.05, 3.63) is 64.6 Å². The fraction of sp³-hybridized carbons (Fsp3) is 0.0667. The molecular weight excluding hydrogens is 320 g/mol. The molecule has 0 bridgehead atoms. The summed E-state index contributed by atoms with van der Waals surface area (Å²) in [5, 5.41) is 5.28. The number of rotatable bonds is 4. The predicted octanol–water partition coefficient (Wildman–Crippen LogP) is 2.82. The van der Waals surface area contributed by atoms with E-state index in [9.17, 15) is 9.59 Å². The minimum absolute atomic E-state index is 0.0692. The topological polar surface area (TPSA) is 58.2 Å². The van der Waals surface area contributed by atoms with Crippen LogP contribution in [0.5, 0.6) is 0 Å². The number of carbonyl (C=O) groups excluding carboxylic acids is 2. The Balaban J connectivity index is 1.85. The van der Waals surface area contributed by atoms with Crippen molar-refractivity contribution in [1.82, 2.24) is 5.32 Å². The molecule has 0 aliphatic rings. The Hall–Kier alpha value is -2.14. The minimum atomic E-state index is -0.271. The molecule has 0 aromatic heterocycles. The molecule has 4 nitrogen and oxygen atoms in total. The summed E-state index contributed by atoms with van der Waals surface area (Å²) < 4.78 is 0.878. The zero-order chi connectivity index (χ0) is 14.4. The Kier molecular flexibility index (Phi) is 4.90. The first-order valence-electron chi connectivity index (χ1n) is 6.04. The first-order valence-corrected chi connectivity index (χ1v) is 6.83. The third kappa shape index (κ3) is 4.20. The van der Waals surface area contributed by atoms with E-state index in [0.29, 0.717) is 11.3 Å². The van der Waals surface area contributed by atoms with Gasteiger partial charge in [0.15, 0.2) is 0 Å². The number of carbonyl (C=O) groups is 2. The molecule has 0 saturated heterocycles. The molecule has 2 N–H and O–H groups in total. The van der Waals surface area contributed by atoms with Crippen LogP contribution in [-0.2, 0) is 4.79 Å². The molecule has 0 unspecified atom stereocenters. The van der Waals surface area contributed by atoms with Gasteiger partial charge in [0.2, 0.25) is 5.91 Å². The average molecular weight is 333 g/mol. The van der Waals surface area contributed by atoms with Crippen LogP contribution in [0.15, 0.2) is 59.1 Å². The van der Waals surface area contributed by atoms with Crippen molar-refractivity contribution in [3.63, 3.8) is 0 Å². The van der Waals surface area contributed by atoms with Gasteiger partial charge >= 0.3 is 0 Å². The van der Waals surface area contributed by atoms with Gasteiger partial charge in [0.05, 0.1) is 6.54 Å². The third-order valence-corrected chi connectivity index (χ3v) is 3.05. The highest BCUT2D eigenvalue weighted by molar-refractivity contribution is 9.10. The molecule has 20 heavy (non-hydrogen) atoms. The number of anilines is 1. The van der Waals surface area contributed by atoms with Crippen LogP contribution in [0.25, 0.3) is 0 Å². The summed E-state index contributed by atoms with van der Waals surface area (Å²) in [7, 11) is 0. The highest BCUT2D eigenvalue weighted by Gasteiger charge is 2.07. The van der Waals surface area contributed by atoms with Crippen molar-refractivity contribution in [3.8, 4) is 0 Å². The zero-order valence-corrected chi connectivity index (χ0v) is 12.2. The summed E-state index contributed by atoms with van der Waals surface area (Å²) in [5.41, 5.74) is 1.21. The Bertz CT molecular complexity index is 614. The summed E-state index contributed by atoms with van der Waals surface area (Å²) in [5.74, 6) is -0.539. The van der Waals surface area contributed by atoms with Crippen molar-refractivity contribution in [2.24, 2.45) is 0 Å². The van der Waals surface area contributed by atoms with Gasteiger partial charge in [-0.3, -0.25) is 9.59 Å². The van der Waals surface area contributed by atoms with Crippen LogP contribution in [0.1, 0.15) is 10.4 Å². The minimum Gasteiger partial charge on any atom is -0.343 e. The molecule has 0 aliphatic heterocycles. The fourth-order valence-electron chi connectivity index (χ4n) is 1.62. The highest BCUT2D eigenvalue weighted by Crippen LogP contribution is 2.15. The molecular formula is C15H13BrN2O2. The Morgan fingerprint density at radius 1 is 1.00 bits per heavy atom. The van der Waals surface area contributed by atoms with Crippen molar-refractivity contribution in [2.45, 2.75) is 0 Å². The van der Waals surface area contributed by atoms with Crippen molar-refractivity contribution in [2.75, 3.05) is 11.9 Å². The lowest BCUT2D eigenvalue weighted by Crippen LogP contribution is -2.32. The predicted molar refractivity (Wildman–Crippen MR) is 81.5 cm³/mol. The van der Waals surface area contributed by atoms with Crippen molar-refractivity contribution in [1.29, 1.82) is 0 Å². The van der Waals surface area contributed by atoms with Crippen LogP contribution >= 0.6 is 15.9 Å². The maximum atomic E-state index is 11.8. The lowest BCUT2D eigenvalue weighted by Gasteiger charge is -2.07. The Labute approximate surface area is 125 Å². The molecule has 0 saturated carbocycles. The number of benzene rings is 2. The summed E-state index contributed by atoms with van der Waals surface area (Å²) >= 11 is 3.32. The quantitative estimate of drug-likeness (QED) is 0.904. The largest absolute Gasteiger partial charge is 0.343 e. The molecule has 2 rings (SSSR count). The Morgan fingerprint density at radius 2 is 1.75 bits per heavy atom. The molecule has 0 spiro atoms. The molecule has 2 amide bonds. The van der Waals surface area contributed by atoms with Crippen LogP contribution in [0.2, 0.25) is 0 Å². The van der Waals surface area contributed by atoms with Gasteiger partial charge in [0, 0.05) is 15.7 Å². The zero-order valence-electron chi connectivity index (χ0n) is 10.6. The lowest BCUT2D eigenvalue weighted by atomic mass is 10.2. The number of nitrogens with one attached hydrogen (secondary N) is 2. The highest BCUT2D eigenvalue weighted by atomic mass is 79.9. The Morgan fingerprint density at radius 3 is 2.45 bits per heavy atom. The van der Waals surface area contributed by atoms with Gasteiger partial charge in [-0.15, -0.1) is 0 Å². The van der Waals surface area contributed by atoms with Gasteiger partial charge in [-0.2, -0.15) is 0 Å². The van der Waals surface area contributed by atoms with Gasteiger partial charge in [-0.05, 0) is 30.3 Å². The molecule has 0 radical (unpaired) electrons. The maximum Gasteiger partial charge on any atom is 0.251 e. The summed E-state index contributed by atoms with van der Waals surface area (Å²) in [6.07, 6.45) is 0. The maximum absolute atomic E-state index is 11.8. The standard InChI is InChI=1S/C15H13BrN2O2/c16-12-7-4-8-13(9-12)18-14(19)10-17-15(20)11-5-2-1-3-6-11/h1-9H,10H2,(H,17,20)(H,18,19). The number of halogens is 1. The molecule has 0 fully saturated rings. The van der Waals surface area contributed by atoms with Gasteiger partial charge in [-0.25, -0.2) is 0 Å². The monoisotopic (exact) mass is 332 g/mol. The number of amides is 2. The van der Waals surface area contributed by atoms with Crippen LogP contribution in [0.4, 0.5) is 5.69 Å². The van der Waals surface area contributed by atoms with Crippen LogP contribution in [0.3, 0.4) is 0 Å². The van der Waals surface area contributed by atoms with Gasteiger partial charge in [0.25, 0.3) is 5.91 Å². The van der Waals surface area contributed by atoms with Gasteiger partial charge < -0.3 is 10.6 Å².